The molecule has 1 atom stereocenters. The van der Waals surface area contributed by atoms with Gasteiger partial charge in [-0.1, -0.05) is 27.2 Å². The second-order valence-electron chi connectivity index (χ2n) is 4.43. The van der Waals surface area contributed by atoms with Gasteiger partial charge in [0.1, 0.15) is 6.04 Å². The molecule has 108 valence electrons. The molecule has 0 aliphatic carbocycles. The standard InChI is InChI=1S/C14H30N2O2/c1-5-10-13(14(17)18-8-4)15-11-9-12-16(6-2)7-3/h13,15H,5-12H2,1-4H3. The predicted octanol–water partition coefficient (Wildman–Crippen LogP) is 2.04. The Kier molecular flexibility index (Phi) is 11.1. The minimum atomic E-state index is -0.133. The smallest absolute Gasteiger partial charge is 0.323 e. The van der Waals surface area contributed by atoms with Gasteiger partial charge in [0.25, 0.3) is 0 Å². The Labute approximate surface area is 112 Å². The van der Waals surface area contributed by atoms with Gasteiger partial charge >= 0.3 is 5.97 Å². The highest BCUT2D eigenvalue weighted by Gasteiger charge is 2.17. The van der Waals surface area contributed by atoms with Crippen molar-refractivity contribution in [3.05, 3.63) is 0 Å². The van der Waals surface area contributed by atoms with E-state index in [1.807, 2.05) is 6.92 Å². The van der Waals surface area contributed by atoms with E-state index in [0.29, 0.717) is 6.61 Å². The van der Waals surface area contributed by atoms with Gasteiger partial charge in [0.2, 0.25) is 0 Å². The summed E-state index contributed by atoms with van der Waals surface area (Å²) in [6.07, 6.45) is 2.91. The molecule has 4 nitrogen and oxygen atoms in total. The lowest BCUT2D eigenvalue weighted by Crippen LogP contribution is -2.39. The number of ether oxygens (including phenoxy) is 1. The third-order valence-corrected chi connectivity index (χ3v) is 3.08. The molecule has 0 spiro atoms. The van der Waals surface area contributed by atoms with Crippen LogP contribution in [0.4, 0.5) is 0 Å². The maximum atomic E-state index is 11.7. The molecule has 0 aromatic rings. The van der Waals surface area contributed by atoms with Gasteiger partial charge in [-0.3, -0.25) is 4.79 Å². The third-order valence-electron chi connectivity index (χ3n) is 3.08. The van der Waals surface area contributed by atoms with Gasteiger partial charge in [0.15, 0.2) is 0 Å². The van der Waals surface area contributed by atoms with Crippen LogP contribution in [0.15, 0.2) is 0 Å². The molecule has 0 aliphatic heterocycles. The molecule has 0 radical (unpaired) electrons. The molecule has 0 aromatic carbocycles. The van der Waals surface area contributed by atoms with Crippen molar-refractivity contribution in [3.63, 3.8) is 0 Å². The largest absolute Gasteiger partial charge is 0.465 e. The number of carbonyl (C=O) groups excluding carboxylic acids is 1. The normalized spacial score (nSPS) is 12.7. The Hall–Kier alpha value is -0.610. The molecule has 1 unspecified atom stereocenters. The molecule has 0 fully saturated rings. The quantitative estimate of drug-likeness (QED) is 0.455. The molecule has 0 aliphatic rings. The number of esters is 1. The Morgan fingerprint density at radius 3 is 2.39 bits per heavy atom. The van der Waals surface area contributed by atoms with Crippen molar-refractivity contribution in [1.29, 1.82) is 0 Å². The van der Waals surface area contributed by atoms with Gasteiger partial charge in [0.05, 0.1) is 6.61 Å². The van der Waals surface area contributed by atoms with Crippen molar-refractivity contribution >= 4 is 5.97 Å². The number of nitrogens with zero attached hydrogens (tertiary/aromatic N) is 1. The second-order valence-corrected chi connectivity index (χ2v) is 4.43. The van der Waals surface area contributed by atoms with Gasteiger partial charge in [-0.25, -0.2) is 0 Å². The minimum absolute atomic E-state index is 0.109. The maximum Gasteiger partial charge on any atom is 0.323 e. The highest BCUT2D eigenvalue weighted by molar-refractivity contribution is 5.75. The Morgan fingerprint density at radius 1 is 1.22 bits per heavy atom. The molecular weight excluding hydrogens is 228 g/mol. The topological polar surface area (TPSA) is 41.6 Å². The summed E-state index contributed by atoms with van der Waals surface area (Å²) in [5.41, 5.74) is 0. The first-order valence-electron chi connectivity index (χ1n) is 7.31. The molecule has 18 heavy (non-hydrogen) atoms. The molecule has 0 aromatic heterocycles. The Bertz CT molecular complexity index is 206. The summed E-state index contributed by atoms with van der Waals surface area (Å²) in [4.78, 5) is 14.1. The lowest BCUT2D eigenvalue weighted by atomic mass is 10.1. The van der Waals surface area contributed by atoms with Crippen LogP contribution in [0, 0.1) is 0 Å². The number of rotatable bonds is 11. The first-order chi connectivity index (χ1) is 8.69. The van der Waals surface area contributed by atoms with Crippen molar-refractivity contribution in [2.24, 2.45) is 0 Å². The van der Waals surface area contributed by atoms with Crippen molar-refractivity contribution in [3.8, 4) is 0 Å². The highest BCUT2D eigenvalue weighted by atomic mass is 16.5. The lowest BCUT2D eigenvalue weighted by molar-refractivity contribution is -0.145. The van der Waals surface area contributed by atoms with E-state index in [0.717, 1.165) is 45.4 Å². The van der Waals surface area contributed by atoms with E-state index in [1.54, 1.807) is 0 Å². The van der Waals surface area contributed by atoms with Crippen LogP contribution in [-0.2, 0) is 9.53 Å². The first kappa shape index (κ1) is 17.4. The molecule has 1 N–H and O–H groups in total. The summed E-state index contributed by atoms with van der Waals surface area (Å²) in [6, 6.07) is -0.133. The Balaban J connectivity index is 3.86. The molecule has 0 amide bonds. The van der Waals surface area contributed by atoms with E-state index in [9.17, 15) is 4.79 Å². The van der Waals surface area contributed by atoms with Crippen molar-refractivity contribution in [2.45, 2.75) is 53.0 Å². The van der Waals surface area contributed by atoms with E-state index >= 15 is 0 Å². The minimum Gasteiger partial charge on any atom is -0.465 e. The van der Waals surface area contributed by atoms with E-state index in [4.69, 9.17) is 4.74 Å². The van der Waals surface area contributed by atoms with Crippen LogP contribution in [0.5, 0.6) is 0 Å². The molecular formula is C14H30N2O2. The fraction of sp³-hybridized carbons (Fsp3) is 0.929. The summed E-state index contributed by atoms with van der Waals surface area (Å²) < 4.78 is 5.07. The fourth-order valence-corrected chi connectivity index (χ4v) is 1.95. The molecule has 0 heterocycles. The number of hydrogen-bond acceptors (Lipinski definition) is 4. The summed E-state index contributed by atoms with van der Waals surface area (Å²) in [5, 5.41) is 3.31. The number of carbonyl (C=O) groups is 1. The number of nitrogens with one attached hydrogen (secondary N) is 1. The van der Waals surface area contributed by atoms with E-state index < -0.39 is 0 Å². The van der Waals surface area contributed by atoms with Crippen LogP contribution in [-0.4, -0.2) is 49.7 Å². The van der Waals surface area contributed by atoms with Crippen LogP contribution < -0.4 is 5.32 Å². The summed E-state index contributed by atoms with van der Waals surface area (Å²) in [5.74, 6) is -0.109. The van der Waals surface area contributed by atoms with Crippen LogP contribution in [0.25, 0.3) is 0 Å². The zero-order chi connectivity index (χ0) is 13.8. The monoisotopic (exact) mass is 258 g/mol. The average Bonchev–Trinajstić information content (AvgIpc) is 2.38. The van der Waals surface area contributed by atoms with Gasteiger partial charge in [-0.2, -0.15) is 0 Å². The van der Waals surface area contributed by atoms with E-state index in [2.05, 4.69) is 31.0 Å². The van der Waals surface area contributed by atoms with Gasteiger partial charge in [-0.05, 0) is 45.9 Å². The predicted molar refractivity (Wildman–Crippen MR) is 75.7 cm³/mol. The average molecular weight is 258 g/mol. The van der Waals surface area contributed by atoms with Crippen LogP contribution >= 0.6 is 0 Å². The van der Waals surface area contributed by atoms with Crippen molar-refractivity contribution in [2.75, 3.05) is 32.8 Å². The molecule has 0 saturated carbocycles. The van der Waals surface area contributed by atoms with Crippen molar-refractivity contribution in [1.82, 2.24) is 10.2 Å². The summed E-state index contributed by atoms with van der Waals surface area (Å²) in [7, 11) is 0. The van der Waals surface area contributed by atoms with Crippen LogP contribution in [0.2, 0.25) is 0 Å². The van der Waals surface area contributed by atoms with Crippen molar-refractivity contribution < 1.29 is 9.53 Å². The van der Waals surface area contributed by atoms with Gasteiger partial charge in [0, 0.05) is 0 Å². The SMILES string of the molecule is CCCC(NCCCN(CC)CC)C(=O)OCC. The highest BCUT2D eigenvalue weighted by Crippen LogP contribution is 2.00. The van der Waals surface area contributed by atoms with E-state index in [-0.39, 0.29) is 12.0 Å². The van der Waals surface area contributed by atoms with Gasteiger partial charge in [-0.15, -0.1) is 0 Å². The fourth-order valence-electron chi connectivity index (χ4n) is 1.95. The second kappa shape index (κ2) is 11.5. The van der Waals surface area contributed by atoms with Crippen LogP contribution in [0.1, 0.15) is 47.0 Å². The first-order valence-corrected chi connectivity index (χ1v) is 7.31. The Morgan fingerprint density at radius 2 is 1.89 bits per heavy atom. The molecule has 0 rings (SSSR count). The van der Waals surface area contributed by atoms with Gasteiger partial charge < -0.3 is 15.0 Å². The zero-order valence-corrected chi connectivity index (χ0v) is 12.5. The summed E-state index contributed by atoms with van der Waals surface area (Å²) in [6.45, 7) is 12.9. The molecule has 0 saturated heterocycles. The molecule has 4 heteroatoms. The van der Waals surface area contributed by atoms with E-state index in [1.165, 1.54) is 0 Å². The molecule has 0 bridgehead atoms. The zero-order valence-electron chi connectivity index (χ0n) is 12.5. The maximum absolute atomic E-state index is 11.7. The third kappa shape index (κ3) is 7.67. The number of hydrogen-bond donors (Lipinski definition) is 1. The lowest BCUT2D eigenvalue weighted by Gasteiger charge is -2.20. The summed E-state index contributed by atoms with van der Waals surface area (Å²) >= 11 is 0. The van der Waals surface area contributed by atoms with Crippen LogP contribution in [0.3, 0.4) is 0 Å².